The summed E-state index contributed by atoms with van der Waals surface area (Å²) < 4.78 is 5.90. The van der Waals surface area contributed by atoms with Crippen LogP contribution < -0.4 is 4.74 Å². The Bertz CT molecular complexity index is 1090. The largest absolute Gasteiger partial charge is 0.489 e. The number of carboxylic acids is 1. The molecule has 4 aromatic carbocycles. The highest BCUT2D eigenvalue weighted by molar-refractivity contribution is 6.03. The summed E-state index contributed by atoms with van der Waals surface area (Å²) in [7, 11) is 0. The molecule has 0 aromatic heterocycles. The lowest BCUT2D eigenvalue weighted by atomic mass is 9.95. The number of fused-ring (bicyclic) bond motifs is 1. The highest BCUT2D eigenvalue weighted by Crippen LogP contribution is 2.32. The SMILES string of the molecule is O=C(O)c1cc(-c2ccccc2)c2ccc(OCc3ccccc3)cc2c1. The maximum atomic E-state index is 11.6. The van der Waals surface area contributed by atoms with Gasteiger partial charge in [0.1, 0.15) is 12.4 Å². The van der Waals surface area contributed by atoms with Gasteiger partial charge in [-0.1, -0.05) is 66.7 Å². The maximum absolute atomic E-state index is 11.6. The first-order valence-electron chi connectivity index (χ1n) is 8.74. The van der Waals surface area contributed by atoms with E-state index in [0.717, 1.165) is 27.5 Å². The number of carbonyl (C=O) groups is 1. The van der Waals surface area contributed by atoms with Crippen molar-refractivity contribution in [3.63, 3.8) is 0 Å². The molecule has 0 saturated heterocycles. The molecule has 132 valence electrons. The fourth-order valence-electron chi connectivity index (χ4n) is 3.16. The molecule has 1 N–H and O–H groups in total. The number of hydrogen-bond donors (Lipinski definition) is 1. The summed E-state index contributed by atoms with van der Waals surface area (Å²) in [4.78, 5) is 11.6. The number of ether oxygens (including phenoxy) is 1. The van der Waals surface area contributed by atoms with E-state index in [1.54, 1.807) is 12.1 Å². The first kappa shape index (κ1) is 16.9. The molecule has 4 aromatic rings. The zero-order valence-electron chi connectivity index (χ0n) is 14.6. The standard InChI is InChI=1S/C24H18O3/c25-24(26)20-13-19-14-21(27-16-17-7-3-1-4-8-17)11-12-22(19)23(15-20)18-9-5-2-6-10-18/h1-15H,16H2,(H,25,26). The Labute approximate surface area is 157 Å². The summed E-state index contributed by atoms with van der Waals surface area (Å²) in [6.07, 6.45) is 0. The molecule has 4 rings (SSSR count). The van der Waals surface area contributed by atoms with Crippen molar-refractivity contribution >= 4 is 16.7 Å². The van der Waals surface area contributed by atoms with Crippen LogP contribution in [0.25, 0.3) is 21.9 Å². The Kier molecular flexibility index (Phi) is 4.58. The molecule has 0 aliphatic rings. The minimum Gasteiger partial charge on any atom is -0.489 e. The van der Waals surface area contributed by atoms with Gasteiger partial charge in [-0.2, -0.15) is 0 Å². The first-order valence-corrected chi connectivity index (χ1v) is 8.74. The number of aromatic carboxylic acids is 1. The van der Waals surface area contributed by atoms with Crippen LogP contribution in [0.2, 0.25) is 0 Å². The van der Waals surface area contributed by atoms with Crippen molar-refractivity contribution in [3.8, 4) is 16.9 Å². The molecule has 0 amide bonds. The summed E-state index contributed by atoms with van der Waals surface area (Å²) >= 11 is 0. The number of rotatable bonds is 5. The van der Waals surface area contributed by atoms with Gasteiger partial charge in [-0.25, -0.2) is 4.79 Å². The molecule has 0 unspecified atom stereocenters. The molecule has 0 bridgehead atoms. The third-order valence-corrected chi connectivity index (χ3v) is 4.50. The van der Waals surface area contributed by atoms with Gasteiger partial charge >= 0.3 is 5.97 Å². The summed E-state index contributed by atoms with van der Waals surface area (Å²) in [5, 5.41) is 11.4. The van der Waals surface area contributed by atoms with Gasteiger partial charge in [0.2, 0.25) is 0 Å². The topological polar surface area (TPSA) is 46.5 Å². The average Bonchev–Trinajstić information content (AvgIpc) is 2.72. The van der Waals surface area contributed by atoms with E-state index >= 15 is 0 Å². The molecule has 3 heteroatoms. The molecular formula is C24H18O3. The Morgan fingerprint density at radius 2 is 1.52 bits per heavy atom. The van der Waals surface area contributed by atoms with Crippen LogP contribution in [0.5, 0.6) is 5.75 Å². The number of carboxylic acid groups (broad SMARTS) is 1. The van der Waals surface area contributed by atoms with Crippen LogP contribution in [0.15, 0.2) is 91.0 Å². The third kappa shape index (κ3) is 3.67. The monoisotopic (exact) mass is 354 g/mol. The molecule has 0 saturated carbocycles. The van der Waals surface area contributed by atoms with Crippen LogP contribution >= 0.6 is 0 Å². The van der Waals surface area contributed by atoms with E-state index in [-0.39, 0.29) is 5.56 Å². The van der Waals surface area contributed by atoms with Crippen molar-refractivity contribution in [1.29, 1.82) is 0 Å². The molecule has 0 aliphatic carbocycles. The van der Waals surface area contributed by atoms with Crippen LogP contribution in [-0.4, -0.2) is 11.1 Å². The van der Waals surface area contributed by atoms with Gasteiger partial charge in [-0.05, 0) is 51.7 Å². The lowest BCUT2D eigenvalue weighted by molar-refractivity contribution is 0.0697. The quantitative estimate of drug-likeness (QED) is 0.494. The maximum Gasteiger partial charge on any atom is 0.335 e. The minimum absolute atomic E-state index is 0.265. The summed E-state index contributed by atoms with van der Waals surface area (Å²) in [6.45, 7) is 0.469. The second-order valence-electron chi connectivity index (χ2n) is 6.35. The fourth-order valence-corrected chi connectivity index (χ4v) is 3.16. The van der Waals surface area contributed by atoms with E-state index in [1.165, 1.54) is 0 Å². The van der Waals surface area contributed by atoms with Crippen molar-refractivity contribution < 1.29 is 14.6 Å². The van der Waals surface area contributed by atoms with Crippen LogP contribution in [0.1, 0.15) is 15.9 Å². The number of benzene rings is 4. The molecule has 0 atom stereocenters. The summed E-state index contributed by atoms with van der Waals surface area (Å²) in [6, 6.07) is 29.0. The predicted octanol–water partition coefficient (Wildman–Crippen LogP) is 5.78. The van der Waals surface area contributed by atoms with E-state index in [1.807, 2.05) is 78.9 Å². The van der Waals surface area contributed by atoms with Gasteiger partial charge in [0.25, 0.3) is 0 Å². The Balaban J connectivity index is 1.75. The van der Waals surface area contributed by atoms with Crippen molar-refractivity contribution in [1.82, 2.24) is 0 Å². The van der Waals surface area contributed by atoms with Crippen molar-refractivity contribution in [2.75, 3.05) is 0 Å². The molecule has 0 fully saturated rings. The fraction of sp³-hybridized carbons (Fsp3) is 0.0417. The van der Waals surface area contributed by atoms with E-state index in [4.69, 9.17) is 4.74 Å². The molecule has 0 heterocycles. The highest BCUT2D eigenvalue weighted by atomic mass is 16.5. The van der Waals surface area contributed by atoms with Gasteiger partial charge in [0.05, 0.1) is 5.56 Å². The van der Waals surface area contributed by atoms with E-state index in [0.29, 0.717) is 12.4 Å². The molecule has 0 aliphatic heterocycles. The van der Waals surface area contributed by atoms with Crippen LogP contribution in [0.3, 0.4) is 0 Å². The highest BCUT2D eigenvalue weighted by Gasteiger charge is 2.11. The second kappa shape index (κ2) is 7.34. The van der Waals surface area contributed by atoms with Gasteiger partial charge in [-0.3, -0.25) is 0 Å². The zero-order valence-corrected chi connectivity index (χ0v) is 14.6. The molecule has 27 heavy (non-hydrogen) atoms. The second-order valence-corrected chi connectivity index (χ2v) is 6.35. The van der Waals surface area contributed by atoms with Gasteiger partial charge in [0.15, 0.2) is 0 Å². The zero-order chi connectivity index (χ0) is 18.6. The van der Waals surface area contributed by atoms with Crippen molar-refractivity contribution in [2.24, 2.45) is 0 Å². The Morgan fingerprint density at radius 1 is 0.815 bits per heavy atom. The third-order valence-electron chi connectivity index (χ3n) is 4.50. The molecular weight excluding hydrogens is 336 g/mol. The van der Waals surface area contributed by atoms with Crippen molar-refractivity contribution in [2.45, 2.75) is 6.61 Å². The van der Waals surface area contributed by atoms with Gasteiger partial charge < -0.3 is 9.84 Å². The normalized spacial score (nSPS) is 10.7. The molecule has 0 spiro atoms. The van der Waals surface area contributed by atoms with Crippen molar-refractivity contribution in [3.05, 3.63) is 102 Å². The first-order chi connectivity index (χ1) is 13.2. The van der Waals surface area contributed by atoms with E-state index in [2.05, 4.69) is 0 Å². The molecule has 3 nitrogen and oxygen atoms in total. The van der Waals surface area contributed by atoms with Gasteiger partial charge in [0, 0.05) is 0 Å². The lowest BCUT2D eigenvalue weighted by Gasteiger charge is -2.12. The Morgan fingerprint density at radius 3 is 2.22 bits per heavy atom. The lowest BCUT2D eigenvalue weighted by Crippen LogP contribution is -1.98. The summed E-state index contributed by atoms with van der Waals surface area (Å²) in [5.74, 6) is -0.224. The van der Waals surface area contributed by atoms with Crippen LogP contribution in [-0.2, 0) is 6.61 Å². The summed E-state index contributed by atoms with van der Waals surface area (Å²) in [5.41, 5.74) is 3.24. The van der Waals surface area contributed by atoms with Gasteiger partial charge in [-0.15, -0.1) is 0 Å². The van der Waals surface area contributed by atoms with E-state index < -0.39 is 5.97 Å². The smallest absolute Gasteiger partial charge is 0.335 e. The Hall–Kier alpha value is -3.59. The van der Waals surface area contributed by atoms with Crippen LogP contribution in [0.4, 0.5) is 0 Å². The predicted molar refractivity (Wildman–Crippen MR) is 107 cm³/mol. The average molecular weight is 354 g/mol. The van der Waals surface area contributed by atoms with Crippen LogP contribution in [0, 0.1) is 0 Å². The minimum atomic E-state index is -0.940. The number of hydrogen-bond acceptors (Lipinski definition) is 2. The van der Waals surface area contributed by atoms with E-state index in [9.17, 15) is 9.90 Å². The molecule has 0 radical (unpaired) electrons.